The third-order valence-corrected chi connectivity index (χ3v) is 5.89. The van der Waals surface area contributed by atoms with Gasteiger partial charge in [-0.25, -0.2) is 0 Å². The van der Waals surface area contributed by atoms with Crippen LogP contribution in [-0.4, -0.2) is 10.2 Å². The first-order valence-electron chi connectivity index (χ1n) is 8.51. The molecule has 1 aromatic heterocycles. The fourth-order valence-corrected chi connectivity index (χ4v) is 4.22. The Morgan fingerprint density at radius 3 is 1.60 bits per heavy atom. The highest BCUT2D eigenvalue weighted by Crippen LogP contribution is 2.37. The molecule has 20 heavy (non-hydrogen) atoms. The van der Waals surface area contributed by atoms with E-state index in [9.17, 15) is 0 Å². The summed E-state index contributed by atoms with van der Waals surface area (Å²) in [5, 5.41) is 11.1. The fourth-order valence-electron chi connectivity index (χ4n) is 3.32. The zero-order valence-corrected chi connectivity index (χ0v) is 14.1. The van der Waals surface area contributed by atoms with Gasteiger partial charge < -0.3 is 0 Å². The minimum absolute atomic E-state index is 0.278. The molecule has 1 aliphatic rings. The standard InChI is InChI=1S/C17H30N2S/c1-15-18-19-16(20-15)17(2)13-11-9-7-5-3-4-6-8-10-12-14-17/h3-14H2,1-2H3. The molecule has 0 amide bonds. The summed E-state index contributed by atoms with van der Waals surface area (Å²) in [6, 6.07) is 0. The molecule has 0 radical (unpaired) electrons. The Morgan fingerprint density at radius 2 is 1.20 bits per heavy atom. The molecule has 1 saturated carbocycles. The van der Waals surface area contributed by atoms with Crippen LogP contribution >= 0.6 is 11.3 Å². The molecule has 1 aromatic rings. The van der Waals surface area contributed by atoms with Crippen molar-refractivity contribution < 1.29 is 0 Å². The van der Waals surface area contributed by atoms with E-state index >= 15 is 0 Å². The Labute approximate surface area is 128 Å². The monoisotopic (exact) mass is 294 g/mol. The van der Waals surface area contributed by atoms with Gasteiger partial charge in [-0.15, -0.1) is 21.5 Å². The van der Waals surface area contributed by atoms with E-state index in [0.29, 0.717) is 0 Å². The molecule has 0 bridgehead atoms. The Kier molecular flexibility index (Phi) is 6.47. The zero-order chi connectivity index (χ0) is 14.3. The van der Waals surface area contributed by atoms with Crippen LogP contribution in [0, 0.1) is 6.92 Å². The van der Waals surface area contributed by atoms with Crippen LogP contribution in [-0.2, 0) is 5.41 Å². The smallest absolute Gasteiger partial charge is 0.123 e. The van der Waals surface area contributed by atoms with Crippen molar-refractivity contribution in [1.29, 1.82) is 0 Å². The zero-order valence-electron chi connectivity index (χ0n) is 13.3. The Balaban J connectivity index is 1.98. The minimum Gasteiger partial charge on any atom is -0.144 e. The first-order valence-corrected chi connectivity index (χ1v) is 9.33. The van der Waals surface area contributed by atoms with E-state index in [2.05, 4.69) is 24.0 Å². The van der Waals surface area contributed by atoms with Crippen molar-refractivity contribution in [3.05, 3.63) is 10.0 Å². The van der Waals surface area contributed by atoms with E-state index in [0.717, 1.165) is 5.01 Å². The molecular weight excluding hydrogens is 264 g/mol. The first-order chi connectivity index (χ1) is 9.71. The van der Waals surface area contributed by atoms with Gasteiger partial charge in [0, 0.05) is 5.41 Å². The molecule has 0 N–H and O–H groups in total. The maximum Gasteiger partial charge on any atom is 0.123 e. The number of hydrogen-bond donors (Lipinski definition) is 0. The number of hydrogen-bond acceptors (Lipinski definition) is 3. The van der Waals surface area contributed by atoms with Gasteiger partial charge in [0.05, 0.1) is 0 Å². The quantitative estimate of drug-likeness (QED) is 0.654. The first kappa shape index (κ1) is 15.9. The van der Waals surface area contributed by atoms with Crippen molar-refractivity contribution in [2.75, 3.05) is 0 Å². The number of aryl methyl sites for hydroxylation is 1. The summed E-state index contributed by atoms with van der Waals surface area (Å²) in [6.07, 6.45) is 16.7. The molecular formula is C17H30N2S. The van der Waals surface area contributed by atoms with Crippen molar-refractivity contribution >= 4 is 11.3 Å². The highest BCUT2D eigenvalue weighted by molar-refractivity contribution is 7.11. The molecule has 0 spiro atoms. The van der Waals surface area contributed by atoms with Gasteiger partial charge in [0.25, 0.3) is 0 Å². The van der Waals surface area contributed by atoms with Crippen molar-refractivity contribution in [2.24, 2.45) is 0 Å². The molecule has 0 atom stereocenters. The van der Waals surface area contributed by atoms with E-state index in [1.165, 1.54) is 82.1 Å². The average Bonchev–Trinajstić information content (AvgIpc) is 2.87. The summed E-state index contributed by atoms with van der Waals surface area (Å²) in [6.45, 7) is 4.50. The molecule has 0 aromatic carbocycles. The van der Waals surface area contributed by atoms with E-state index in [4.69, 9.17) is 0 Å². The molecule has 2 rings (SSSR count). The Bertz CT molecular complexity index is 372. The summed E-state index contributed by atoms with van der Waals surface area (Å²) in [5.74, 6) is 0. The van der Waals surface area contributed by atoms with Crippen LogP contribution in [0.4, 0.5) is 0 Å². The molecule has 1 aliphatic carbocycles. The van der Waals surface area contributed by atoms with Gasteiger partial charge in [0.1, 0.15) is 10.0 Å². The van der Waals surface area contributed by atoms with Gasteiger partial charge in [-0.1, -0.05) is 71.1 Å². The van der Waals surface area contributed by atoms with Crippen LogP contribution in [0.2, 0.25) is 0 Å². The predicted molar refractivity (Wildman–Crippen MR) is 87.4 cm³/mol. The van der Waals surface area contributed by atoms with E-state index in [1.807, 2.05) is 11.3 Å². The van der Waals surface area contributed by atoms with Gasteiger partial charge >= 0.3 is 0 Å². The molecule has 0 aliphatic heterocycles. The second kappa shape index (κ2) is 8.11. The van der Waals surface area contributed by atoms with Gasteiger partial charge in [-0.05, 0) is 19.8 Å². The highest BCUT2D eigenvalue weighted by atomic mass is 32.1. The van der Waals surface area contributed by atoms with E-state index in [-0.39, 0.29) is 5.41 Å². The van der Waals surface area contributed by atoms with E-state index in [1.54, 1.807) is 0 Å². The van der Waals surface area contributed by atoms with Crippen LogP contribution in [0.5, 0.6) is 0 Å². The average molecular weight is 295 g/mol. The summed E-state index contributed by atoms with van der Waals surface area (Å²) >= 11 is 1.81. The van der Waals surface area contributed by atoms with Crippen molar-refractivity contribution in [1.82, 2.24) is 10.2 Å². The van der Waals surface area contributed by atoms with E-state index < -0.39 is 0 Å². The lowest BCUT2D eigenvalue weighted by atomic mass is 9.80. The van der Waals surface area contributed by atoms with Crippen molar-refractivity contribution in [3.8, 4) is 0 Å². The topological polar surface area (TPSA) is 25.8 Å². The number of nitrogens with zero attached hydrogens (tertiary/aromatic N) is 2. The molecule has 114 valence electrons. The molecule has 0 saturated heterocycles. The van der Waals surface area contributed by atoms with Gasteiger partial charge in [0.15, 0.2) is 0 Å². The van der Waals surface area contributed by atoms with Crippen LogP contribution in [0.25, 0.3) is 0 Å². The molecule has 3 heteroatoms. The Morgan fingerprint density at radius 1 is 0.750 bits per heavy atom. The minimum atomic E-state index is 0.278. The molecule has 1 fully saturated rings. The van der Waals surface area contributed by atoms with Crippen molar-refractivity contribution in [3.63, 3.8) is 0 Å². The third-order valence-electron chi connectivity index (χ3n) is 4.75. The van der Waals surface area contributed by atoms with Crippen LogP contribution in [0.1, 0.15) is 94.0 Å². The van der Waals surface area contributed by atoms with Crippen LogP contribution in [0.15, 0.2) is 0 Å². The maximum atomic E-state index is 4.47. The molecule has 2 nitrogen and oxygen atoms in total. The van der Waals surface area contributed by atoms with Crippen LogP contribution in [0.3, 0.4) is 0 Å². The summed E-state index contributed by atoms with van der Waals surface area (Å²) in [7, 11) is 0. The van der Waals surface area contributed by atoms with Gasteiger partial charge in [-0.2, -0.15) is 0 Å². The normalized spacial score (nSPS) is 22.5. The summed E-state index contributed by atoms with van der Waals surface area (Å²) in [4.78, 5) is 0. The largest absolute Gasteiger partial charge is 0.144 e. The molecule has 0 unspecified atom stereocenters. The lowest BCUT2D eigenvalue weighted by Gasteiger charge is -2.27. The number of rotatable bonds is 1. The highest BCUT2D eigenvalue weighted by Gasteiger charge is 2.29. The van der Waals surface area contributed by atoms with Gasteiger partial charge in [0.2, 0.25) is 0 Å². The fraction of sp³-hybridized carbons (Fsp3) is 0.882. The lowest BCUT2D eigenvalue weighted by Crippen LogP contribution is -2.22. The summed E-state index contributed by atoms with van der Waals surface area (Å²) < 4.78 is 0. The van der Waals surface area contributed by atoms with Gasteiger partial charge in [-0.3, -0.25) is 0 Å². The molecule has 1 heterocycles. The second-order valence-electron chi connectivity index (χ2n) is 6.72. The SMILES string of the molecule is Cc1nnc(C2(C)CCCCCCCCCCCC2)s1. The lowest BCUT2D eigenvalue weighted by molar-refractivity contribution is 0.362. The third kappa shape index (κ3) is 4.83. The Hall–Kier alpha value is -0.440. The summed E-state index contributed by atoms with van der Waals surface area (Å²) in [5.41, 5.74) is 0.278. The van der Waals surface area contributed by atoms with Crippen LogP contribution < -0.4 is 0 Å². The predicted octanol–water partition coefficient (Wildman–Crippen LogP) is 5.80. The van der Waals surface area contributed by atoms with Crippen molar-refractivity contribution in [2.45, 2.75) is 96.3 Å². The second-order valence-corrected chi connectivity index (χ2v) is 7.90. The maximum absolute atomic E-state index is 4.47. The number of aromatic nitrogens is 2.